The molecule has 0 aromatic heterocycles. The monoisotopic (exact) mass is 1220 g/mol. The Morgan fingerprint density at radius 2 is 0.786 bits per heavy atom. The number of aryl methyl sites for hydroxylation is 2. The number of ether oxygens (including phenoxy) is 4. The molecule has 4 unspecified atom stereocenters. The summed E-state index contributed by atoms with van der Waals surface area (Å²) in [5.74, 6) is -5.19. The number of carbonyl (C=O) groups is 8. The van der Waals surface area contributed by atoms with Crippen molar-refractivity contribution in [1.82, 2.24) is 0 Å². The quantitative estimate of drug-likeness (QED) is 0.0310. The van der Waals surface area contributed by atoms with Gasteiger partial charge in [-0.15, -0.1) is 0 Å². The molecule has 452 valence electrons. The third-order valence-electron chi connectivity index (χ3n) is 16.0. The van der Waals surface area contributed by atoms with Gasteiger partial charge in [0.1, 0.15) is 0 Å². The second kappa shape index (κ2) is 30.6. The Morgan fingerprint density at radius 3 is 1.30 bits per heavy atom. The molecule has 0 amide bonds. The van der Waals surface area contributed by atoms with Crippen LogP contribution in [0.25, 0.3) is 5.57 Å². The molecule has 4 aromatic rings. The van der Waals surface area contributed by atoms with Crippen LogP contribution in [-0.2, 0) is 87.8 Å². The van der Waals surface area contributed by atoms with Crippen LogP contribution in [0.4, 0.5) is 0 Å². The summed E-state index contributed by atoms with van der Waals surface area (Å²) < 4.78 is 41.3. The van der Waals surface area contributed by atoms with E-state index < -0.39 is 75.0 Å². The van der Waals surface area contributed by atoms with E-state index in [0.29, 0.717) is 60.8 Å². The predicted molar refractivity (Wildman–Crippen MR) is 330 cm³/mol. The second-order valence-corrected chi connectivity index (χ2v) is 41.7. The Labute approximate surface area is 499 Å². The Morgan fingerprint density at radius 1 is 0.393 bits per heavy atom. The van der Waals surface area contributed by atoms with Gasteiger partial charge in [-0.3, -0.25) is 19.2 Å². The zero-order chi connectivity index (χ0) is 62.2. The van der Waals surface area contributed by atoms with Crippen molar-refractivity contribution < 1.29 is 75.0 Å². The van der Waals surface area contributed by atoms with E-state index >= 15 is 0 Å². The van der Waals surface area contributed by atoms with Crippen molar-refractivity contribution in [2.45, 2.75) is 135 Å². The van der Waals surface area contributed by atoms with Gasteiger partial charge in [0, 0.05) is 40.4 Å². The van der Waals surface area contributed by atoms with Gasteiger partial charge < -0.3 is 36.7 Å². The average Bonchev–Trinajstić information content (AvgIpc) is 4.28. The van der Waals surface area contributed by atoms with Gasteiger partial charge in [-0.1, -0.05) is 120 Å². The second-order valence-electron chi connectivity index (χ2n) is 24.0. The minimum absolute atomic E-state index is 0.337. The molecule has 4 aliphatic rings. The molecular formula is C64H84O16Si4. The summed E-state index contributed by atoms with van der Waals surface area (Å²) in [5, 5.41) is 0. The Hall–Kier alpha value is -6.37. The summed E-state index contributed by atoms with van der Waals surface area (Å²) in [6.45, 7) is 20.8. The first-order chi connectivity index (χ1) is 39.5. The Bertz CT molecular complexity index is 3040. The number of cyclic esters (lactones) is 8. The number of hydrogen-bond acceptors (Lipinski definition) is 16. The molecule has 2 saturated heterocycles. The third kappa shape index (κ3) is 19.9. The summed E-state index contributed by atoms with van der Waals surface area (Å²) in [7, 11) is -0.234. The average molecular weight is 1220 g/mol. The van der Waals surface area contributed by atoms with Crippen LogP contribution in [0.15, 0.2) is 126 Å². The lowest BCUT2D eigenvalue weighted by molar-refractivity contribution is -0.155. The fourth-order valence-corrected chi connectivity index (χ4v) is 14.1. The molecule has 84 heavy (non-hydrogen) atoms. The Balaban J connectivity index is 0.000000205. The van der Waals surface area contributed by atoms with Crippen LogP contribution in [-0.4, -0.2) is 109 Å². The van der Waals surface area contributed by atoms with Crippen molar-refractivity contribution in [3.8, 4) is 0 Å². The topological polar surface area (TPSA) is 210 Å². The van der Waals surface area contributed by atoms with Crippen molar-refractivity contribution >= 4 is 86.6 Å². The van der Waals surface area contributed by atoms with E-state index in [9.17, 15) is 38.4 Å². The fourth-order valence-electron chi connectivity index (χ4n) is 9.56. The van der Waals surface area contributed by atoms with E-state index in [4.69, 9.17) is 36.7 Å². The number of esters is 8. The standard InChI is InChI=1S/C17H24O4Si.C17H22O4Si.C15H20O4Si.C15H18O4Si/c2*1-12-5-7-13(8-6-12)11-15-14(16(18)21-17(15)19)9-10-22(3,4)20-2;2*1-18-20(2,3)10-9-12-13(15(17)19-14(12)16)11-7-5-4-6-8-11/h5-8,14-15H,9-11H2,1-4H3;5-8H,9-11H2,1-4H3;4-8,12-13H,9-10H2,1-3H3;4-8H,9-10H2,1-3H3. The predicted octanol–water partition coefficient (Wildman–Crippen LogP) is 11.7. The molecule has 0 bridgehead atoms. The van der Waals surface area contributed by atoms with Crippen molar-refractivity contribution in [3.63, 3.8) is 0 Å². The molecule has 4 heterocycles. The molecule has 16 nitrogen and oxygen atoms in total. The lowest BCUT2D eigenvalue weighted by atomic mass is 9.86. The smallest absolute Gasteiger partial charge is 0.347 e. The molecular weight excluding hydrogens is 1140 g/mol. The lowest BCUT2D eigenvalue weighted by Crippen LogP contribution is -2.31. The lowest BCUT2D eigenvalue weighted by Gasteiger charge is -2.22. The minimum Gasteiger partial charge on any atom is -0.420 e. The van der Waals surface area contributed by atoms with E-state index in [0.717, 1.165) is 52.0 Å². The van der Waals surface area contributed by atoms with Crippen molar-refractivity contribution in [3.05, 3.63) is 159 Å². The summed E-state index contributed by atoms with van der Waals surface area (Å²) in [6, 6.07) is 37.8. The summed E-state index contributed by atoms with van der Waals surface area (Å²) in [6.07, 6.45) is 3.35. The van der Waals surface area contributed by atoms with Crippen LogP contribution >= 0.6 is 0 Å². The molecule has 4 atom stereocenters. The van der Waals surface area contributed by atoms with Crippen LogP contribution in [0, 0.1) is 31.6 Å². The van der Waals surface area contributed by atoms with Crippen LogP contribution in [0.5, 0.6) is 0 Å². The van der Waals surface area contributed by atoms with Crippen LogP contribution in [0.2, 0.25) is 76.6 Å². The number of carbonyl (C=O) groups excluding carboxylic acids is 8. The molecule has 0 aliphatic carbocycles. The highest BCUT2D eigenvalue weighted by molar-refractivity contribution is 6.72. The molecule has 4 aromatic carbocycles. The molecule has 2 fully saturated rings. The zero-order valence-corrected chi connectivity index (χ0v) is 55.3. The number of rotatable bonds is 22. The first kappa shape index (κ1) is 68.4. The van der Waals surface area contributed by atoms with E-state index in [2.05, 4.69) is 52.4 Å². The number of hydrogen-bond donors (Lipinski definition) is 0. The van der Waals surface area contributed by atoms with Gasteiger partial charge in [0.2, 0.25) is 0 Å². The fraction of sp³-hybridized carbons (Fsp3) is 0.438. The maximum atomic E-state index is 12.0. The largest absolute Gasteiger partial charge is 0.420 e. The molecule has 0 radical (unpaired) electrons. The first-order valence-corrected chi connectivity index (χ1v) is 40.9. The molecule has 8 rings (SSSR count). The maximum Gasteiger partial charge on any atom is 0.347 e. The molecule has 0 saturated carbocycles. The van der Waals surface area contributed by atoms with Crippen LogP contribution in [0.3, 0.4) is 0 Å². The van der Waals surface area contributed by atoms with Crippen molar-refractivity contribution in [1.29, 1.82) is 0 Å². The van der Waals surface area contributed by atoms with Crippen LogP contribution in [0.1, 0.15) is 65.0 Å². The van der Waals surface area contributed by atoms with Gasteiger partial charge >= 0.3 is 47.8 Å². The van der Waals surface area contributed by atoms with E-state index in [1.54, 1.807) is 28.4 Å². The van der Waals surface area contributed by atoms with Crippen LogP contribution < -0.4 is 0 Å². The van der Waals surface area contributed by atoms with Gasteiger partial charge in [-0.25, -0.2) is 19.2 Å². The van der Waals surface area contributed by atoms with E-state index in [1.165, 1.54) is 5.56 Å². The first-order valence-electron chi connectivity index (χ1n) is 28.4. The molecule has 0 spiro atoms. The van der Waals surface area contributed by atoms with Gasteiger partial charge in [-0.05, 0) is 145 Å². The van der Waals surface area contributed by atoms with Crippen molar-refractivity contribution in [2.24, 2.45) is 17.8 Å². The minimum atomic E-state index is -1.78. The van der Waals surface area contributed by atoms with Gasteiger partial charge in [0.05, 0.1) is 40.4 Å². The summed E-state index contributed by atoms with van der Waals surface area (Å²) in [4.78, 5) is 95.4. The van der Waals surface area contributed by atoms with Crippen molar-refractivity contribution in [2.75, 3.05) is 28.4 Å². The molecule has 4 aliphatic heterocycles. The van der Waals surface area contributed by atoms with Gasteiger partial charge in [0.15, 0.2) is 33.3 Å². The van der Waals surface area contributed by atoms with E-state index in [-0.39, 0.29) is 29.7 Å². The van der Waals surface area contributed by atoms with Gasteiger partial charge in [0.25, 0.3) is 0 Å². The van der Waals surface area contributed by atoms with Gasteiger partial charge in [-0.2, -0.15) is 0 Å². The maximum absolute atomic E-state index is 12.0. The zero-order valence-electron chi connectivity index (χ0n) is 51.3. The highest BCUT2D eigenvalue weighted by Crippen LogP contribution is 2.38. The highest BCUT2D eigenvalue weighted by Gasteiger charge is 2.47. The third-order valence-corrected chi connectivity index (χ3v) is 26.3. The Kier molecular flexibility index (Phi) is 24.9. The molecule has 20 heteroatoms. The highest BCUT2D eigenvalue weighted by atomic mass is 28.4. The SMILES string of the molecule is CO[Si](C)(C)CCC1=C(Cc2ccc(C)cc2)C(=O)OC1=O.CO[Si](C)(C)CCC1=C(c2ccccc2)C(=O)OC1=O.CO[Si](C)(C)CCC1C(=O)OC(=O)C1Cc1ccc(C)cc1.CO[Si](C)(C)CCC1C(=O)OC(=O)C1c1ccccc1. The summed E-state index contributed by atoms with van der Waals surface area (Å²) in [5.41, 5.74) is 7.88. The molecule has 0 N–H and O–H groups in total. The summed E-state index contributed by atoms with van der Waals surface area (Å²) >= 11 is 0. The number of benzene rings is 4. The van der Waals surface area contributed by atoms with E-state index in [1.807, 2.05) is 123 Å². The normalized spacial score (nSPS) is 19.0.